The van der Waals surface area contributed by atoms with Gasteiger partial charge in [0.2, 0.25) is 0 Å². The monoisotopic (exact) mass is 392 g/mol. The Kier molecular flexibility index (Phi) is 12.3. The fourth-order valence-corrected chi connectivity index (χ4v) is 1.83. The van der Waals surface area contributed by atoms with E-state index in [0.29, 0.717) is 0 Å². The first-order valence-corrected chi connectivity index (χ1v) is 12.6. The number of halogens is 4. The number of unbranched alkanes of at least 4 members (excludes halogenated alkanes) is 5. The van der Waals surface area contributed by atoms with Crippen LogP contribution >= 0.6 is 40.4 Å². The van der Waals surface area contributed by atoms with Crippen LogP contribution in [-0.4, -0.2) is 30.1 Å². The van der Waals surface area contributed by atoms with Crippen LogP contribution in [0, 0.1) is 0 Å². The maximum absolute atomic E-state index is 4.95. The number of hydrogen-bond donors (Lipinski definition) is 0. The Morgan fingerprint density at radius 2 is 1.47 bits per heavy atom. The summed E-state index contributed by atoms with van der Waals surface area (Å²) in [5.41, 5.74) is 0. The van der Waals surface area contributed by atoms with Crippen LogP contribution in [0.2, 0.25) is 0 Å². The molecule has 0 bridgehead atoms. The van der Waals surface area contributed by atoms with E-state index < -0.39 is 9.20 Å². The van der Waals surface area contributed by atoms with Gasteiger partial charge in [-0.15, -0.1) is 0 Å². The van der Waals surface area contributed by atoms with Gasteiger partial charge in [-0.05, 0) is 6.42 Å². The standard InChI is InChI=1S/C12H24N2.4ClH.Fe/c1-3-4-5-6-7-8-9-14-11-10-13(2)12-14;;;;;/h10-11H,3-9,12H2,1-2H3;4*1H;/q;;;;;+4/p-4. The van der Waals surface area contributed by atoms with E-state index in [-0.39, 0.29) is 0 Å². The van der Waals surface area contributed by atoms with Gasteiger partial charge in [-0.25, -0.2) is 0 Å². The zero-order valence-electron chi connectivity index (χ0n) is 11.6. The molecule has 0 radical (unpaired) electrons. The molecule has 0 saturated carbocycles. The zero-order chi connectivity index (χ0) is 14.7. The quantitative estimate of drug-likeness (QED) is 0.399. The van der Waals surface area contributed by atoms with Crippen molar-refractivity contribution in [1.82, 2.24) is 9.80 Å². The molecule has 0 saturated heterocycles. The van der Waals surface area contributed by atoms with Crippen molar-refractivity contribution in [3.05, 3.63) is 12.4 Å². The fourth-order valence-electron chi connectivity index (χ4n) is 1.83. The van der Waals surface area contributed by atoms with Gasteiger partial charge in [0.25, 0.3) is 0 Å². The van der Waals surface area contributed by atoms with Crippen molar-refractivity contribution in [2.75, 3.05) is 20.3 Å². The molecule has 1 rings (SSSR count). The van der Waals surface area contributed by atoms with E-state index in [1.807, 2.05) is 0 Å². The first-order chi connectivity index (χ1) is 8.83. The van der Waals surface area contributed by atoms with E-state index in [9.17, 15) is 0 Å². The van der Waals surface area contributed by atoms with Crippen LogP contribution in [0.5, 0.6) is 0 Å². The van der Waals surface area contributed by atoms with Crippen molar-refractivity contribution in [3.8, 4) is 0 Å². The second-order valence-electron chi connectivity index (χ2n) is 4.58. The summed E-state index contributed by atoms with van der Waals surface area (Å²) in [4.78, 5) is 4.61. The summed E-state index contributed by atoms with van der Waals surface area (Å²) >= 11 is 0. The second-order valence-corrected chi connectivity index (χ2v) is 15.5. The molecule has 2 nitrogen and oxygen atoms in total. The van der Waals surface area contributed by atoms with Crippen LogP contribution in [-0.2, 0) is 9.20 Å². The van der Waals surface area contributed by atoms with Gasteiger partial charge in [0.1, 0.15) is 0 Å². The third-order valence-corrected chi connectivity index (χ3v) is 2.74. The summed E-state index contributed by atoms with van der Waals surface area (Å²) in [6.07, 6.45) is 12.7. The van der Waals surface area contributed by atoms with Gasteiger partial charge in [-0.2, -0.15) is 0 Å². The molecule has 0 atom stereocenters. The Morgan fingerprint density at radius 1 is 0.947 bits per heavy atom. The summed E-state index contributed by atoms with van der Waals surface area (Å²) in [5, 5.41) is 0. The molecule has 0 aromatic rings. The van der Waals surface area contributed by atoms with Crippen molar-refractivity contribution in [3.63, 3.8) is 0 Å². The number of nitrogens with zero attached hydrogens (tertiary/aromatic N) is 2. The van der Waals surface area contributed by atoms with Crippen LogP contribution < -0.4 is 0 Å². The average molecular weight is 394 g/mol. The van der Waals surface area contributed by atoms with E-state index in [0.717, 1.165) is 6.67 Å². The summed E-state index contributed by atoms with van der Waals surface area (Å²) in [6.45, 7) is 4.58. The van der Waals surface area contributed by atoms with E-state index in [1.165, 1.54) is 45.1 Å². The average Bonchev–Trinajstić information content (AvgIpc) is 2.67. The summed E-state index contributed by atoms with van der Waals surface area (Å²) < 4.78 is 0. The first kappa shape index (κ1) is 20.0. The first-order valence-electron chi connectivity index (χ1n) is 6.49. The van der Waals surface area contributed by atoms with Crippen LogP contribution in [0.3, 0.4) is 0 Å². The molecule has 1 aliphatic heterocycles. The Balaban J connectivity index is 0.000000555. The van der Waals surface area contributed by atoms with E-state index >= 15 is 0 Å². The Hall–Kier alpha value is 1.02. The molecule has 0 amide bonds. The summed E-state index contributed by atoms with van der Waals surface area (Å²) in [7, 11) is 19.3. The molecular weight excluding hydrogens is 370 g/mol. The van der Waals surface area contributed by atoms with E-state index in [4.69, 9.17) is 40.4 Å². The molecule has 0 aromatic heterocycles. The minimum absolute atomic E-state index is 1.08. The van der Waals surface area contributed by atoms with Gasteiger partial charge in [0.05, 0.1) is 6.67 Å². The predicted molar refractivity (Wildman–Crippen MR) is 85.3 cm³/mol. The molecule has 1 heterocycles. The van der Waals surface area contributed by atoms with Crippen molar-refractivity contribution in [1.29, 1.82) is 0 Å². The van der Waals surface area contributed by atoms with Gasteiger partial charge in [0.15, 0.2) is 0 Å². The van der Waals surface area contributed by atoms with Crippen LogP contribution in [0.15, 0.2) is 12.4 Å². The molecule has 0 aliphatic carbocycles. The zero-order valence-corrected chi connectivity index (χ0v) is 15.7. The van der Waals surface area contributed by atoms with E-state index in [1.54, 1.807) is 0 Å². The van der Waals surface area contributed by atoms with E-state index in [2.05, 4.69) is 36.2 Å². The molecule has 0 fully saturated rings. The summed E-state index contributed by atoms with van der Waals surface area (Å²) in [5.74, 6) is 0. The molecule has 0 unspecified atom stereocenters. The third kappa shape index (κ3) is 17.0. The molecule has 0 aromatic carbocycles. The number of rotatable bonds is 7. The maximum atomic E-state index is 4.95. The molecule has 19 heavy (non-hydrogen) atoms. The Morgan fingerprint density at radius 3 is 1.95 bits per heavy atom. The Bertz CT molecular complexity index is 240. The van der Waals surface area contributed by atoms with Crippen LogP contribution in [0.1, 0.15) is 45.4 Å². The van der Waals surface area contributed by atoms with Crippen molar-refractivity contribution < 1.29 is 9.20 Å². The summed E-state index contributed by atoms with van der Waals surface area (Å²) in [6, 6.07) is 0. The van der Waals surface area contributed by atoms with Crippen LogP contribution in [0.25, 0.3) is 0 Å². The van der Waals surface area contributed by atoms with Gasteiger partial charge in [-0.3, -0.25) is 0 Å². The minimum atomic E-state index is -2.61. The van der Waals surface area contributed by atoms with Gasteiger partial charge < -0.3 is 9.80 Å². The molecule has 1 aliphatic rings. The predicted octanol–water partition coefficient (Wildman–Crippen LogP) is 5.78. The van der Waals surface area contributed by atoms with Crippen LogP contribution in [0.4, 0.5) is 0 Å². The number of hydrogen-bond acceptors (Lipinski definition) is 2. The molecule has 0 N–H and O–H groups in total. The van der Waals surface area contributed by atoms with Crippen molar-refractivity contribution in [2.45, 2.75) is 45.4 Å². The Labute approximate surface area is 137 Å². The molecule has 118 valence electrons. The van der Waals surface area contributed by atoms with Gasteiger partial charge in [-0.1, -0.05) is 39.0 Å². The topological polar surface area (TPSA) is 6.48 Å². The molecule has 0 spiro atoms. The van der Waals surface area contributed by atoms with Crippen molar-refractivity contribution >= 4 is 40.4 Å². The van der Waals surface area contributed by atoms with Crippen molar-refractivity contribution in [2.24, 2.45) is 0 Å². The van der Waals surface area contributed by atoms with Gasteiger partial charge >= 0.3 is 49.6 Å². The second kappa shape index (κ2) is 11.7. The molecular formula is C12H24Cl4FeN2. The normalized spacial score (nSPS) is 15.5. The third-order valence-electron chi connectivity index (χ3n) is 2.74. The van der Waals surface area contributed by atoms with Gasteiger partial charge in [0, 0.05) is 26.0 Å². The SMILES string of the molecule is CCCCCCCCN1C=CN(C)C1.[Cl][Fe]([Cl])([Cl])[Cl]. The fraction of sp³-hybridized carbons (Fsp3) is 0.833. The molecule has 7 heteroatoms.